The van der Waals surface area contributed by atoms with Crippen molar-refractivity contribution in [3.63, 3.8) is 0 Å². The van der Waals surface area contributed by atoms with Gasteiger partial charge in [-0.05, 0) is 44.3 Å². The number of aliphatic hydroxyl groups is 1. The number of carbonyl (C=O) groups excluding carboxylic acids is 3. The Morgan fingerprint density at radius 3 is 2.16 bits per heavy atom. The van der Waals surface area contributed by atoms with Gasteiger partial charge in [0.25, 0.3) is 0 Å². The van der Waals surface area contributed by atoms with Gasteiger partial charge in [0.15, 0.2) is 0 Å². The van der Waals surface area contributed by atoms with E-state index in [1.165, 1.54) is 25.6 Å². The van der Waals surface area contributed by atoms with Crippen molar-refractivity contribution in [1.82, 2.24) is 16.0 Å². The Balaban J connectivity index is 2.68. The van der Waals surface area contributed by atoms with E-state index >= 15 is 0 Å². The highest BCUT2D eigenvalue weighted by Crippen LogP contribution is 2.04. The number of hydrogen-bond donors (Lipinski definition) is 6. The van der Waals surface area contributed by atoms with E-state index < -0.39 is 54.0 Å². The van der Waals surface area contributed by atoms with Gasteiger partial charge in [0, 0.05) is 0 Å². The van der Waals surface area contributed by atoms with E-state index in [0.29, 0.717) is 5.75 Å². The Morgan fingerprint density at radius 2 is 1.62 bits per heavy atom. The maximum absolute atomic E-state index is 12.5. The number of nitrogens with two attached hydrogens (primary N) is 1. The molecule has 7 N–H and O–H groups in total. The largest absolute Gasteiger partial charge is 0.480 e. The highest BCUT2D eigenvalue weighted by molar-refractivity contribution is 7.98. The smallest absolute Gasteiger partial charge is 0.326 e. The normalized spacial score (nSPS) is 15.5. The van der Waals surface area contributed by atoms with Gasteiger partial charge in [0.1, 0.15) is 18.1 Å². The predicted molar refractivity (Wildman–Crippen MR) is 122 cm³/mol. The number of carboxylic acid groups (broad SMARTS) is 1. The topological polar surface area (TPSA) is 171 Å². The molecule has 5 atom stereocenters. The summed E-state index contributed by atoms with van der Waals surface area (Å²) < 4.78 is 0. The van der Waals surface area contributed by atoms with Crippen molar-refractivity contribution in [1.29, 1.82) is 0 Å². The molecule has 11 heteroatoms. The van der Waals surface area contributed by atoms with E-state index in [1.807, 2.05) is 30.3 Å². The molecule has 0 saturated heterocycles. The molecule has 1 aromatic carbocycles. The number of rotatable bonds is 13. The van der Waals surface area contributed by atoms with Crippen LogP contribution >= 0.6 is 11.8 Å². The second kappa shape index (κ2) is 13.7. The zero-order valence-corrected chi connectivity index (χ0v) is 19.2. The fraction of sp³-hybridized carbons (Fsp3) is 0.524. The predicted octanol–water partition coefficient (Wildman–Crippen LogP) is -0.751. The van der Waals surface area contributed by atoms with Crippen LogP contribution in [0.5, 0.6) is 0 Å². The maximum atomic E-state index is 12.5. The lowest BCUT2D eigenvalue weighted by Gasteiger charge is -2.25. The van der Waals surface area contributed by atoms with E-state index in [-0.39, 0.29) is 12.8 Å². The fourth-order valence-electron chi connectivity index (χ4n) is 2.78. The first-order chi connectivity index (χ1) is 15.1. The average molecular weight is 469 g/mol. The monoisotopic (exact) mass is 468 g/mol. The maximum Gasteiger partial charge on any atom is 0.326 e. The highest BCUT2D eigenvalue weighted by atomic mass is 32.2. The third-order valence-electron chi connectivity index (χ3n) is 4.68. The molecule has 0 radical (unpaired) electrons. The summed E-state index contributed by atoms with van der Waals surface area (Å²) in [5.74, 6) is -2.80. The van der Waals surface area contributed by atoms with Gasteiger partial charge in [0.05, 0.1) is 12.1 Å². The second-order valence-corrected chi connectivity index (χ2v) is 8.42. The number of thioether (sulfide) groups is 1. The van der Waals surface area contributed by atoms with Gasteiger partial charge >= 0.3 is 5.97 Å². The summed E-state index contributed by atoms with van der Waals surface area (Å²) in [5, 5.41) is 26.4. The first-order valence-corrected chi connectivity index (χ1v) is 11.6. The molecule has 0 aromatic heterocycles. The van der Waals surface area contributed by atoms with Crippen LogP contribution in [-0.4, -0.2) is 76.2 Å². The van der Waals surface area contributed by atoms with Crippen LogP contribution < -0.4 is 21.7 Å². The van der Waals surface area contributed by atoms with Gasteiger partial charge in [-0.1, -0.05) is 30.3 Å². The van der Waals surface area contributed by atoms with Crippen molar-refractivity contribution in [2.75, 3.05) is 12.0 Å². The van der Waals surface area contributed by atoms with Crippen molar-refractivity contribution in [2.24, 2.45) is 5.73 Å². The minimum Gasteiger partial charge on any atom is -0.480 e. The van der Waals surface area contributed by atoms with Crippen LogP contribution in [0.4, 0.5) is 0 Å². The standard InChI is InChI=1S/C21H32N4O6S/c1-12(23-19(28)15(22)11-14-7-5-4-6-8-14)18(27)25-17(13(2)26)20(29)24-16(21(30)31)9-10-32-3/h4-8,12-13,15-17,26H,9-11,22H2,1-3H3,(H,23,28)(H,24,29)(H,25,27)(H,30,31). The first kappa shape index (κ1) is 27.4. The molecule has 0 aliphatic carbocycles. The number of benzene rings is 1. The summed E-state index contributed by atoms with van der Waals surface area (Å²) in [6, 6.07) is 4.70. The van der Waals surface area contributed by atoms with Gasteiger partial charge in [-0.2, -0.15) is 11.8 Å². The summed E-state index contributed by atoms with van der Waals surface area (Å²) in [5.41, 5.74) is 6.78. The van der Waals surface area contributed by atoms with E-state index in [1.54, 1.807) is 6.26 Å². The van der Waals surface area contributed by atoms with Crippen LogP contribution in [0.15, 0.2) is 30.3 Å². The number of aliphatic carboxylic acids is 1. The number of carbonyl (C=O) groups is 4. The van der Waals surface area contributed by atoms with E-state index in [2.05, 4.69) is 16.0 Å². The molecular weight excluding hydrogens is 436 g/mol. The Bertz CT molecular complexity index is 777. The van der Waals surface area contributed by atoms with Crippen molar-refractivity contribution in [3.8, 4) is 0 Å². The van der Waals surface area contributed by atoms with Crippen LogP contribution in [0.1, 0.15) is 25.8 Å². The lowest BCUT2D eigenvalue weighted by molar-refractivity contribution is -0.143. The molecule has 3 amide bonds. The molecule has 0 bridgehead atoms. The van der Waals surface area contributed by atoms with Gasteiger partial charge in [-0.15, -0.1) is 0 Å². The molecule has 178 valence electrons. The number of aliphatic hydroxyl groups excluding tert-OH is 1. The van der Waals surface area contributed by atoms with Crippen LogP contribution in [0.2, 0.25) is 0 Å². The Hall–Kier alpha value is -2.63. The number of amides is 3. The van der Waals surface area contributed by atoms with E-state index in [4.69, 9.17) is 5.73 Å². The van der Waals surface area contributed by atoms with Crippen LogP contribution in [0.25, 0.3) is 0 Å². The summed E-state index contributed by atoms with van der Waals surface area (Å²) in [4.78, 5) is 48.7. The third kappa shape index (κ3) is 9.25. The van der Waals surface area contributed by atoms with Crippen molar-refractivity contribution in [3.05, 3.63) is 35.9 Å². The molecule has 1 rings (SSSR count). The first-order valence-electron chi connectivity index (χ1n) is 10.2. The lowest BCUT2D eigenvalue weighted by atomic mass is 10.1. The second-order valence-electron chi connectivity index (χ2n) is 7.43. The molecule has 0 aliphatic rings. The molecule has 0 fully saturated rings. The molecule has 0 saturated carbocycles. The summed E-state index contributed by atoms with van der Waals surface area (Å²) >= 11 is 1.43. The summed E-state index contributed by atoms with van der Waals surface area (Å²) in [6.45, 7) is 2.71. The van der Waals surface area contributed by atoms with Crippen molar-refractivity contribution in [2.45, 2.75) is 57.0 Å². The van der Waals surface area contributed by atoms with Gasteiger partial charge < -0.3 is 31.9 Å². The van der Waals surface area contributed by atoms with Crippen molar-refractivity contribution >= 4 is 35.5 Å². The molecular formula is C21H32N4O6S. The minimum absolute atomic E-state index is 0.189. The SMILES string of the molecule is CSCCC(NC(=O)C(NC(=O)C(C)NC(=O)C(N)Cc1ccccc1)C(C)O)C(=O)O. The minimum atomic E-state index is -1.39. The fourth-order valence-corrected chi connectivity index (χ4v) is 3.26. The average Bonchev–Trinajstić information content (AvgIpc) is 2.74. The molecule has 10 nitrogen and oxygen atoms in total. The molecule has 1 aromatic rings. The van der Waals surface area contributed by atoms with Gasteiger partial charge in [-0.3, -0.25) is 14.4 Å². The summed E-state index contributed by atoms with van der Waals surface area (Å²) in [6.07, 6.45) is 0.985. The summed E-state index contributed by atoms with van der Waals surface area (Å²) in [7, 11) is 0. The van der Waals surface area contributed by atoms with Crippen LogP contribution in [-0.2, 0) is 25.6 Å². The Labute approximate surface area is 191 Å². The Kier molecular flexibility index (Phi) is 11.7. The third-order valence-corrected chi connectivity index (χ3v) is 5.32. The molecule has 0 heterocycles. The number of hydrogen-bond acceptors (Lipinski definition) is 7. The molecule has 5 unspecified atom stereocenters. The zero-order valence-electron chi connectivity index (χ0n) is 18.4. The van der Waals surface area contributed by atoms with Gasteiger partial charge in [0.2, 0.25) is 17.7 Å². The van der Waals surface area contributed by atoms with E-state index in [0.717, 1.165) is 5.56 Å². The van der Waals surface area contributed by atoms with Crippen molar-refractivity contribution < 1.29 is 29.4 Å². The number of nitrogens with one attached hydrogen (secondary N) is 3. The number of carboxylic acids is 1. The highest BCUT2D eigenvalue weighted by Gasteiger charge is 2.31. The van der Waals surface area contributed by atoms with Crippen LogP contribution in [0, 0.1) is 0 Å². The Morgan fingerprint density at radius 1 is 1.00 bits per heavy atom. The molecule has 0 spiro atoms. The molecule has 0 aliphatic heterocycles. The van der Waals surface area contributed by atoms with E-state index in [9.17, 15) is 29.4 Å². The van der Waals surface area contributed by atoms with Crippen LogP contribution in [0.3, 0.4) is 0 Å². The zero-order chi connectivity index (χ0) is 24.3. The lowest BCUT2D eigenvalue weighted by Crippen LogP contribution is -2.59. The molecule has 32 heavy (non-hydrogen) atoms. The quantitative estimate of drug-likeness (QED) is 0.219. The van der Waals surface area contributed by atoms with Gasteiger partial charge in [-0.25, -0.2) is 4.79 Å².